The van der Waals surface area contributed by atoms with Crippen molar-refractivity contribution in [3.8, 4) is 17.3 Å². The average Bonchev–Trinajstić information content (AvgIpc) is 3.90. The summed E-state index contributed by atoms with van der Waals surface area (Å²) >= 11 is 0. The van der Waals surface area contributed by atoms with Crippen molar-refractivity contribution >= 4 is 45.7 Å². The van der Waals surface area contributed by atoms with Gasteiger partial charge in [-0.05, 0) is 94.8 Å². The zero-order valence-electron chi connectivity index (χ0n) is 31.2. The summed E-state index contributed by atoms with van der Waals surface area (Å²) in [5, 5.41) is 33.1. The number of unbranched alkanes of at least 4 members (excludes halogenated alkanes) is 1. The lowest BCUT2D eigenvalue weighted by molar-refractivity contribution is 0.0992. The first kappa shape index (κ1) is 37.7. The number of phenolic OH excluding ortho intramolecular Hbond substituents is 1. The van der Waals surface area contributed by atoms with E-state index in [9.17, 15) is 24.6 Å². The van der Waals surface area contributed by atoms with Crippen LogP contribution in [-0.4, -0.2) is 73.2 Å². The topological polar surface area (TPSA) is 227 Å². The minimum atomic E-state index is -0.726. The number of nitrogens with zero attached hydrogens (tertiary/aromatic N) is 8. The third-order valence-electron chi connectivity index (χ3n) is 9.90. The fourth-order valence-electron chi connectivity index (χ4n) is 7.17. The van der Waals surface area contributed by atoms with E-state index in [-0.39, 0.29) is 41.2 Å². The number of nitrogens with two attached hydrogens (primary N) is 2. The number of anilines is 1. The molecule has 0 fully saturated rings. The molecule has 6 aromatic rings. The van der Waals surface area contributed by atoms with Crippen molar-refractivity contribution in [2.24, 2.45) is 23.3 Å². The number of amides is 3. The first-order valence-corrected chi connectivity index (χ1v) is 18.2. The van der Waals surface area contributed by atoms with E-state index in [0.717, 1.165) is 16.9 Å². The molecule has 284 valence electrons. The number of rotatable bonds is 16. The van der Waals surface area contributed by atoms with Gasteiger partial charge in [-0.2, -0.15) is 10.2 Å². The van der Waals surface area contributed by atoms with Crippen LogP contribution in [0, 0.1) is 25.7 Å². The van der Waals surface area contributed by atoms with Gasteiger partial charge in [0.05, 0.1) is 27.9 Å². The molecule has 54 heavy (non-hydrogen) atoms. The van der Waals surface area contributed by atoms with Gasteiger partial charge in [-0.3, -0.25) is 29.1 Å². The highest BCUT2D eigenvalue weighted by Gasteiger charge is 2.27. The quantitative estimate of drug-likeness (QED) is 0.0888. The lowest BCUT2D eigenvalue weighted by Crippen LogP contribution is -2.25. The molecule has 16 nitrogen and oxygen atoms in total. The van der Waals surface area contributed by atoms with Crippen molar-refractivity contribution in [2.75, 3.05) is 11.9 Å². The summed E-state index contributed by atoms with van der Waals surface area (Å²) in [7, 11) is 0. The Balaban J connectivity index is 1.44. The highest BCUT2D eigenvalue weighted by molar-refractivity contribution is 6.04. The number of phenols is 1. The number of carbonyl (C=O) groups excluding carboxylic acids is 3. The Labute approximate surface area is 311 Å². The maximum Gasteiger partial charge on any atom is 0.276 e. The van der Waals surface area contributed by atoms with Crippen molar-refractivity contribution in [1.29, 1.82) is 0 Å². The molecule has 7 N–H and O–H groups in total. The van der Waals surface area contributed by atoms with Gasteiger partial charge in [0.1, 0.15) is 22.7 Å². The largest absolute Gasteiger partial charge is 0.506 e. The molecule has 0 saturated carbocycles. The monoisotopic (exact) mass is 737 g/mol. The molecule has 0 aliphatic heterocycles. The second-order valence-corrected chi connectivity index (χ2v) is 13.8. The number of nitrogens with one attached hydrogen (secondary N) is 1. The maximum atomic E-state index is 13.7. The number of aliphatic hydroxyl groups excluding tert-OH is 1. The van der Waals surface area contributed by atoms with E-state index in [1.807, 2.05) is 44.5 Å². The van der Waals surface area contributed by atoms with Crippen LogP contribution in [0.2, 0.25) is 0 Å². The third kappa shape index (κ3) is 7.42. The predicted molar refractivity (Wildman–Crippen MR) is 204 cm³/mol. The Hall–Kier alpha value is -6.03. The summed E-state index contributed by atoms with van der Waals surface area (Å²) in [6.07, 6.45) is 2.00. The number of aryl methyl sites for hydroxylation is 4. The lowest BCUT2D eigenvalue weighted by atomic mass is 9.88. The van der Waals surface area contributed by atoms with Gasteiger partial charge in [0.2, 0.25) is 17.8 Å². The number of hydrogen-bond acceptors (Lipinski definition) is 9. The van der Waals surface area contributed by atoms with Crippen LogP contribution in [0.3, 0.4) is 0 Å². The second-order valence-electron chi connectivity index (χ2n) is 13.8. The summed E-state index contributed by atoms with van der Waals surface area (Å²) in [5.74, 6) is -1.17. The summed E-state index contributed by atoms with van der Waals surface area (Å²) in [6.45, 7) is 11.7. The number of fused-ring (bicyclic) bond motifs is 2. The highest BCUT2D eigenvalue weighted by Crippen LogP contribution is 2.35. The van der Waals surface area contributed by atoms with Crippen LogP contribution in [0.25, 0.3) is 33.6 Å². The zero-order chi connectivity index (χ0) is 38.8. The van der Waals surface area contributed by atoms with Gasteiger partial charge in [0.15, 0.2) is 5.82 Å². The Morgan fingerprint density at radius 3 is 2.20 bits per heavy atom. The summed E-state index contributed by atoms with van der Waals surface area (Å²) < 4.78 is 7.40. The van der Waals surface area contributed by atoms with Crippen LogP contribution < -0.4 is 16.8 Å². The molecule has 16 heteroatoms. The van der Waals surface area contributed by atoms with Crippen LogP contribution in [0.15, 0.2) is 42.5 Å². The standard InChI is InChI=1S/C38H47N11O5/c1-6-48-30(14-22(4)44-48)36-41-27-16-24(34(39)52)11-12-29(27)46(36)19-21(3)25(10-8-9-13-50)20-47-33-28(17-26(35(40)53)18-32(33)51)42-38(47)43-37(54)31-15-23(5)45-49(31)7-2/h11-12,14-18,21,25,50-51H,6-10,13,19-20H2,1-5H3,(H2,39,52)(H2,40,53)(H,42,43,54). The maximum absolute atomic E-state index is 13.7. The first-order chi connectivity index (χ1) is 25.8. The third-order valence-corrected chi connectivity index (χ3v) is 9.90. The van der Waals surface area contributed by atoms with Crippen LogP contribution in [0.5, 0.6) is 5.75 Å². The summed E-state index contributed by atoms with van der Waals surface area (Å²) in [6, 6.07) is 11.7. The number of carbonyl (C=O) groups is 3. The van der Waals surface area contributed by atoms with E-state index in [2.05, 4.69) is 27.0 Å². The van der Waals surface area contributed by atoms with Crippen LogP contribution in [0.1, 0.15) is 82.6 Å². The van der Waals surface area contributed by atoms with E-state index in [4.69, 9.17) is 21.4 Å². The molecule has 2 aromatic carbocycles. The SMILES string of the molecule is CCn1nc(C)cc1C(=O)Nc1nc2cc(C(N)=O)cc(O)c2n1CC(CCCCO)C(C)Cn1c(-c2cc(C)nn2CC)nc2cc(C(N)=O)ccc21. The molecule has 0 bridgehead atoms. The molecule has 3 amide bonds. The average molecular weight is 738 g/mol. The Kier molecular flexibility index (Phi) is 10.8. The van der Waals surface area contributed by atoms with Gasteiger partial charge in [-0.1, -0.05) is 13.3 Å². The lowest BCUT2D eigenvalue weighted by Gasteiger charge is -2.27. The van der Waals surface area contributed by atoms with Crippen molar-refractivity contribution < 1.29 is 24.6 Å². The van der Waals surface area contributed by atoms with Gasteiger partial charge in [-0.15, -0.1) is 0 Å². The Morgan fingerprint density at radius 1 is 0.833 bits per heavy atom. The normalized spacial score (nSPS) is 12.8. The van der Waals surface area contributed by atoms with Gasteiger partial charge >= 0.3 is 0 Å². The van der Waals surface area contributed by atoms with Crippen molar-refractivity contribution in [1.82, 2.24) is 38.7 Å². The van der Waals surface area contributed by atoms with Gasteiger partial charge in [0, 0.05) is 43.9 Å². The number of primary amides is 2. The zero-order valence-corrected chi connectivity index (χ0v) is 31.2. The molecule has 2 unspecified atom stereocenters. The van der Waals surface area contributed by atoms with Crippen molar-refractivity contribution in [2.45, 2.75) is 80.1 Å². The number of imidazole rings is 2. The van der Waals surface area contributed by atoms with Crippen LogP contribution in [0.4, 0.5) is 5.95 Å². The number of aromatic nitrogens is 8. The number of hydrogen-bond donors (Lipinski definition) is 5. The highest BCUT2D eigenvalue weighted by atomic mass is 16.3. The van der Waals surface area contributed by atoms with E-state index < -0.39 is 17.7 Å². The van der Waals surface area contributed by atoms with Crippen molar-refractivity contribution in [3.63, 3.8) is 0 Å². The van der Waals surface area contributed by atoms with Crippen molar-refractivity contribution in [3.05, 3.63) is 70.7 Å². The molecule has 4 aromatic heterocycles. The molecule has 0 aliphatic rings. The number of benzene rings is 2. The Morgan fingerprint density at radius 2 is 1.52 bits per heavy atom. The van der Waals surface area contributed by atoms with Crippen LogP contribution in [-0.2, 0) is 26.2 Å². The predicted octanol–water partition coefficient (Wildman–Crippen LogP) is 4.37. The molecule has 0 radical (unpaired) electrons. The molecular weight excluding hydrogens is 690 g/mol. The fraction of sp³-hybridized carbons (Fsp3) is 0.395. The van der Waals surface area contributed by atoms with E-state index in [1.54, 1.807) is 27.4 Å². The summed E-state index contributed by atoms with van der Waals surface area (Å²) in [5.41, 5.74) is 16.4. The smallest absolute Gasteiger partial charge is 0.276 e. The van der Waals surface area contributed by atoms with Gasteiger partial charge < -0.3 is 30.8 Å². The van der Waals surface area contributed by atoms with Gasteiger partial charge in [0.25, 0.3) is 5.91 Å². The molecule has 0 saturated heterocycles. The molecule has 0 aliphatic carbocycles. The number of aromatic hydroxyl groups is 1. The second kappa shape index (κ2) is 15.5. The Bertz CT molecular complexity index is 2370. The molecular formula is C38H47N11O5. The molecule has 2 atom stereocenters. The minimum Gasteiger partial charge on any atom is -0.506 e. The van der Waals surface area contributed by atoms with E-state index in [1.165, 1.54) is 12.1 Å². The number of aliphatic hydroxyl groups is 1. The van der Waals surface area contributed by atoms with E-state index in [0.29, 0.717) is 79.3 Å². The fourth-order valence-corrected chi connectivity index (χ4v) is 7.17. The first-order valence-electron chi connectivity index (χ1n) is 18.2. The van der Waals surface area contributed by atoms with E-state index >= 15 is 0 Å². The van der Waals surface area contributed by atoms with Crippen LogP contribution >= 0.6 is 0 Å². The molecule has 6 rings (SSSR count). The van der Waals surface area contributed by atoms with Gasteiger partial charge in [-0.25, -0.2) is 9.97 Å². The minimum absolute atomic E-state index is 0.0382. The molecule has 0 spiro atoms. The molecule has 4 heterocycles. The summed E-state index contributed by atoms with van der Waals surface area (Å²) in [4.78, 5) is 47.7.